The molecule has 4 nitrogen and oxygen atoms in total. The molecule has 0 unspecified atom stereocenters. The lowest BCUT2D eigenvalue weighted by molar-refractivity contribution is 0.102. The number of rotatable bonds is 2. The normalized spacial score (nSPS) is 9.67. The lowest BCUT2D eigenvalue weighted by atomic mass is 10.1. The molecule has 0 bridgehead atoms. The quantitative estimate of drug-likeness (QED) is 0.829. The van der Waals surface area contributed by atoms with Crippen LogP contribution in [0, 0.1) is 25.7 Å². The van der Waals surface area contributed by atoms with Gasteiger partial charge < -0.3 is 11.1 Å². The Bertz CT molecular complexity index is 709. The lowest BCUT2D eigenvalue weighted by Crippen LogP contribution is -2.13. The number of hydrogen-bond donors (Lipinski definition) is 2. The Balaban J connectivity index is 2.27. The van der Waals surface area contributed by atoms with Gasteiger partial charge in [0.25, 0.3) is 5.91 Å². The summed E-state index contributed by atoms with van der Waals surface area (Å²) < 4.78 is 0. The van der Waals surface area contributed by atoms with Crippen molar-refractivity contribution in [1.82, 2.24) is 4.98 Å². The van der Waals surface area contributed by atoms with E-state index in [0.717, 1.165) is 16.8 Å². The highest BCUT2D eigenvalue weighted by Crippen LogP contribution is 2.17. The molecule has 4 heteroatoms. The molecule has 2 rings (SSSR count). The first-order valence-corrected chi connectivity index (χ1v) is 6.64. The predicted molar refractivity (Wildman–Crippen MR) is 84.0 cm³/mol. The van der Waals surface area contributed by atoms with Gasteiger partial charge in [-0.3, -0.25) is 9.78 Å². The second-order valence-electron chi connectivity index (χ2n) is 4.70. The minimum atomic E-state index is -0.205. The molecule has 0 saturated carbocycles. The van der Waals surface area contributed by atoms with Crippen molar-refractivity contribution < 1.29 is 4.79 Å². The highest BCUT2D eigenvalue weighted by Gasteiger charge is 2.09. The first-order chi connectivity index (χ1) is 10.1. The van der Waals surface area contributed by atoms with Crippen LogP contribution in [-0.4, -0.2) is 17.4 Å². The number of carbonyl (C=O) groups excluding carboxylic acids is 1. The fourth-order valence-corrected chi connectivity index (χ4v) is 1.81. The Morgan fingerprint density at radius 2 is 2.10 bits per heavy atom. The average Bonchev–Trinajstić information content (AvgIpc) is 2.47. The SMILES string of the molecule is Cc1ccc(C#CCN)c(NC(=O)c2ccc(C)nc2)c1. The van der Waals surface area contributed by atoms with Gasteiger partial charge >= 0.3 is 0 Å². The Labute approximate surface area is 124 Å². The highest BCUT2D eigenvalue weighted by atomic mass is 16.1. The number of pyridine rings is 1. The predicted octanol–water partition coefficient (Wildman–Crippen LogP) is 2.26. The van der Waals surface area contributed by atoms with Crippen LogP contribution in [0.3, 0.4) is 0 Å². The van der Waals surface area contributed by atoms with Gasteiger partial charge in [-0.25, -0.2) is 0 Å². The number of carbonyl (C=O) groups is 1. The third-order valence-corrected chi connectivity index (χ3v) is 2.92. The molecule has 0 aliphatic carbocycles. The van der Waals surface area contributed by atoms with E-state index in [4.69, 9.17) is 5.73 Å². The minimum absolute atomic E-state index is 0.205. The van der Waals surface area contributed by atoms with Gasteiger partial charge in [0.05, 0.1) is 17.8 Å². The summed E-state index contributed by atoms with van der Waals surface area (Å²) in [5.74, 6) is 5.56. The maximum atomic E-state index is 12.2. The molecule has 106 valence electrons. The zero-order valence-electron chi connectivity index (χ0n) is 12.1. The Hall–Kier alpha value is -2.64. The average molecular weight is 279 g/mol. The molecule has 0 radical (unpaired) electrons. The van der Waals surface area contributed by atoms with Crippen LogP contribution < -0.4 is 11.1 Å². The molecular formula is C17H17N3O. The summed E-state index contributed by atoms with van der Waals surface area (Å²) in [6, 6.07) is 9.27. The standard InChI is InChI=1S/C17H17N3O/c1-12-5-7-14(4-3-9-18)16(10-12)20-17(21)15-8-6-13(2)19-11-15/h5-8,10-11H,9,18H2,1-2H3,(H,20,21). The number of amides is 1. The monoisotopic (exact) mass is 279 g/mol. The second-order valence-corrected chi connectivity index (χ2v) is 4.70. The lowest BCUT2D eigenvalue weighted by Gasteiger charge is -2.09. The van der Waals surface area contributed by atoms with Gasteiger partial charge in [-0.2, -0.15) is 0 Å². The van der Waals surface area contributed by atoms with E-state index in [2.05, 4.69) is 22.1 Å². The summed E-state index contributed by atoms with van der Waals surface area (Å²) in [7, 11) is 0. The van der Waals surface area contributed by atoms with Crippen molar-refractivity contribution in [3.8, 4) is 11.8 Å². The van der Waals surface area contributed by atoms with E-state index in [1.54, 1.807) is 18.3 Å². The number of anilines is 1. The molecule has 21 heavy (non-hydrogen) atoms. The van der Waals surface area contributed by atoms with Crippen molar-refractivity contribution in [2.75, 3.05) is 11.9 Å². The van der Waals surface area contributed by atoms with Crippen LogP contribution in [0.1, 0.15) is 27.2 Å². The van der Waals surface area contributed by atoms with Crippen molar-refractivity contribution in [3.63, 3.8) is 0 Å². The smallest absolute Gasteiger partial charge is 0.257 e. The first-order valence-electron chi connectivity index (χ1n) is 6.64. The third kappa shape index (κ3) is 3.91. The van der Waals surface area contributed by atoms with Gasteiger partial charge in [-0.05, 0) is 43.7 Å². The number of nitrogens with one attached hydrogen (secondary N) is 1. The summed E-state index contributed by atoms with van der Waals surface area (Å²) in [6.07, 6.45) is 1.56. The van der Waals surface area contributed by atoms with E-state index in [1.807, 2.05) is 32.0 Å². The number of aromatic nitrogens is 1. The van der Waals surface area contributed by atoms with Crippen LogP contribution >= 0.6 is 0 Å². The first kappa shape index (κ1) is 14.8. The van der Waals surface area contributed by atoms with Gasteiger partial charge in [0.2, 0.25) is 0 Å². The van der Waals surface area contributed by atoms with E-state index in [9.17, 15) is 4.79 Å². The van der Waals surface area contributed by atoms with Gasteiger partial charge in [0.15, 0.2) is 0 Å². The molecule has 0 saturated heterocycles. The van der Waals surface area contributed by atoms with E-state index in [-0.39, 0.29) is 12.5 Å². The van der Waals surface area contributed by atoms with Crippen LogP contribution in [-0.2, 0) is 0 Å². The second kappa shape index (κ2) is 6.69. The number of nitrogens with zero attached hydrogens (tertiary/aromatic N) is 1. The fraction of sp³-hybridized carbons (Fsp3) is 0.176. The molecule has 1 aromatic heterocycles. The van der Waals surface area contributed by atoms with Crippen molar-refractivity contribution in [2.24, 2.45) is 5.73 Å². The zero-order valence-corrected chi connectivity index (χ0v) is 12.1. The van der Waals surface area contributed by atoms with Crippen LogP contribution in [0.2, 0.25) is 0 Å². The summed E-state index contributed by atoms with van der Waals surface area (Å²) in [4.78, 5) is 16.4. The Morgan fingerprint density at radius 3 is 2.76 bits per heavy atom. The molecule has 1 aromatic carbocycles. The van der Waals surface area contributed by atoms with Crippen molar-refractivity contribution in [1.29, 1.82) is 0 Å². The van der Waals surface area contributed by atoms with Crippen LogP contribution in [0.25, 0.3) is 0 Å². The number of aryl methyl sites for hydroxylation is 2. The molecule has 0 atom stereocenters. The van der Waals surface area contributed by atoms with Crippen LogP contribution in [0.4, 0.5) is 5.69 Å². The summed E-state index contributed by atoms with van der Waals surface area (Å²) in [5, 5.41) is 2.87. The molecule has 1 heterocycles. The largest absolute Gasteiger partial charge is 0.321 e. The minimum Gasteiger partial charge on any atom is -0.321 e. The number of hydrogen-bond acceptors (Lipinski definition) is 3. The maximum absolute atomic E-state index is 12.2. The van der Waals surface area contributed by atoms with E-state index in [0.29, 0.717) is 11.3 Å². The topological polar surface area (TPSA) is 68.0 Å². The summed E-state index contributed by atoms with van der Waals surface area (Å²) in [5.41, 5.74) is 9.26. The van der Waals surface area contributed by atoms with Gasteiger partial charge in [0.1, 0.15) is 0 Å². The van der Waals surface area contributed by atoms with Crippen molar-refractivity contribution in [2.45, 2.75) is 13.8 Å². The maximum Gasteiger partial charge on any atom is 0.257 e. The number of nitrogens with two attached hydrogens (primary N) is 1. The van der Waals surface area contributed by atoms with Crippen molar-refractivity contribution >= 4 is 11.6 Å². The molecule has 1 amide bonds. The third-order valence-electron chi connectivity index (χ3n) is 2.92. The van der Waals surface area contributed by atoms with E-state index >= 15 is 0 Å². The Kier molecular flexibility index (Phi) is 4.70. The summed E-state index contributed by atoms with van der Waals surface area (Å²) >= 11 is 0. The van der Waals surface area contributed by atoms with Gasteiger partial charge in [-0.15, -0.1) is 0 Å². The molecule has 0 fully saturated rings. The van der Waals surface area contributed by atoms with E-state index in [1.165, 1.54) is 0 Å². The zero-order chi connectivity index (χ0) is 15.2. The van der Waals surface area contributed by atoms with Crippen molar-refractivity contribution in [3.05, 3.63) is 58.9 Å². The summed E-state index contributed by atoms with van der Waals surface area (Å²) in [6.45, 7) is 4.12. The molecular weight excluding hydrogens is 262 g/mol. The molecule has 0 aliphatic heterocycles. The fourth-order valence-electron chi connectivity index (χ4n) is 1.81. The van der Waals surface area contributed by atoms with Gasteiger partial charge in [0, 0.05) is 17.5 Å². The molecule has 2 aromatic rings. The number of benzene rings is 1. The van der Waals surface area contributed by atoms with Crippen LogP contribution in [0.15, 0.2) is 36.5 Å². The molecule has 0 aliphatic rings. The molecule has 3 N–H and O–H groups in total. The van der Waals surface area contributed by atoms with E-state index < -0.39 is 0 Å². The Morgan fingerprint density at radius 1 is 1.29 bits per heavy atom. The van der Waals surface area contributed by atoms with Crippen LogP contribution in [0.5, 0.6) is 0 Å². The highest BCUT2D eigenvalue weighted by molar-refractivity contribution is 6.04. The van der Waals surface area contributed by atoms with Gasteiger partial charge in [-0.1, -0.05) is 17.9 Å². The molecule has 0 spiro atoms.